The second-order valence-electron chi connectivity index (χ2n) is 7.51. The molecule has 8 nitrogen and oxygen atoms in total. The summed E-state index contributed by atoms with van der Waals surface area (Å²) in [6.45, 7) is 2.54. The van der Waals surface area contributed by atoms with E-state index in [1.807, 2.05) is 28.1 Å². The zero-order valence-corrected chi connectivity index (χ0v) is 15.7. The summed E-state index contributed by atoms with van der Waals surface area (Å²) in [6, 6.07) is 3.70. The number of carbonyl (C=O) groups excluding carboxylic acids is 3. The van der Waals surface area contributed by atoms with Crippen LogP contribution < -0.4 is 0 Å². The van der Waals surface area contributed by atoms with Crippen molar-refractivity contribution >= 4 is 17.8 Å². The van der Waals surface area contributed by atoms with E-state index in [1.54, 1.807) is 9.47 Å². The molecule has 1 aromatic heterocycles. The molecule has 3 amide bonds. The summed E-state index contributed by atoms with van der Waals surface area (Å²) in [4.78, 5) is 43.1. The molecule has 0 N–H and O–H groups in total. The molecule has 27 heavy (non-hydrogen) atoms. The number of hydrogen-bond acceptors (Lipinski definition) is 4. The molecule has 3 aliphatic heterocycles. The number of carbonyl (C=O) groups is 3. The van der Waals surface area contributed by atoms with Crippen LogP contribution in [-0.4, -0.2) is 82.5 Å². The van der Waals surface area contributed by atoms with Crippen molar-refractivity contribution in [2.75, 3.05) is 33.4 Å². The number of fused-ring (bicyclic) bond motifs is 1. The molecule has 0 bridgehead atoms. The first kappa shape index (κ1) is 18.0. The molecule has 4 rings (SSSR count). The lowest BCUT2D eigenvalue weighted by atomic mass is 10.0. The molecule has 0 aromatic carbocycles. The molecule has 0 spiro atoms. The van der Waals surface area contributed by atoms with Gasteiger partial charge in [0.1, 0.15) is 12.6 Å². The van der Waals surface area contributed by atoms with Gasteiger partial charge in [-0.05, 0) is 37.8 Å². The number of methoxy groups -OCH3 is 1. The van der Waals surface area contributed by atoms with Gasteiger partial charge >= 0.3 is 6.03 Å². The van der Waals surface area contributed by atoms with Crippen LogP contribution in [0, 0.1) is 0 Å². The molecule has 0 radical (unpaired) electrons. The maximum Gasteiger partial charge on any atom is 0.329 e. The van der Waals surface area contributed by atoms with Gasteiger partial charge in [-0.1, -0.05) is 0 Å². The Morgan fingerprint density at radius 2 is 1.96 bits per heavy atom. The lowest BCUT2D eigenvalue weighted by Crippen LogP contribution is -2.53. The molecule has 2 saturated heterocycles. The maximum absolute atomic E-state index is 13.0. The minimum absolute atomic E-state index is 0.0176. The fourth-order valence-corrected chi connectivity index (χ4v) is 4.53. The largest absolute Gasteiger partial charge is 0.375 e. The minimum atomic E-state index is -0.363. The Bertz CT molecular complexity index is 738. The Labute approximate surface area is 158 Å². The van der Waals surface area contributed by atoms with Gasteiger partial charge in [-0.2, -0.15) is 0 Å². The van der Waals surface area contributed by atoms with Crippen LogP contribution in [0.4, 0.5) is 4.79 Å². The topological polar surface area (TPSA) is 75.1 Å². The number of aromatic nitrogens is 1. The number of nitrogens with zero attached hydrogens (tertiary/aromatic N) is 4. The van der Waals surface area contributed by atoms with E-state index in [4.69, 9.17) is 4.74 Å². The minimum Gasteiger partial charge on any atom is -0.375 e. The summed E-state index contributed by atoms with van der Waals surface area (Å²) in [5, 5.41) is 0. The van der Waals surface area contributed by atoms with Crippen LogP contribution in [-0.2, 0) is 20.9 Å². The first-order valence-corrected chi connectivity index (χ1v) is 9.64. The summed E-state index contributed by atoms with van der Waals surface area (Å²) >= 11 is 0. The third-order valence-electron chi connectivity index (χ3n) is 5.96. The van der Waals surface area contributed by atoms with Gasteiger partial charge in [0.2, 0.25) is 11.8 Å². The van der Waals surface area contributed by atoms with Crippen molar-refractivity contribution in [3.63, 3.8) is 0 Å². The summed E-state index contributed by atoms with van der Waals surface area (Å²) in [6.07, 6.45) is 4.93. The number of amides is 3. The molecule has 2 fully saturated rings. The molecule has 146 valence electrons. The first-order valence-electron chi connectivity index (χ1n) is 9.64. The van der Waals surface area contributed by atoms with Gasteiger partial charge in [0.25, 0.3) is 0 Å². The lowest BCUT2D eigenvalue weighted by molar-refractivity contribution is -0.146. The van der Waals surface area contributed by atoms with Crippen molar-refractivity contribution < 1.29 is 19.1 Å². The third kappa shape index (κ3) is 3.22. The number of ether oxygens (including phenoxy) is 1. The highest BCUT2D eigenvalue weighted by molar-refractivity contribution is 5.89. The molecule has 1 aromatic rings. The first-order chi connectivity index (χ1) is 13.1. The summed E-state index contributed by atoms with van der Waals surface area (Å²) in [7, 11) is 1.49. The monoisotopic (exact) mass is 374 g/mol. The molecule has 0 aliphatic carbocycles. The molecule has 0 saturated carbocycles. The lowest BCUT2D eigenvalue weighted by Gasteiger charge is -2.38. The highest BCUT2D eigenvalue weighted by Crippen LogP contribution is 2.27. The van der Waals surface area contributed by atoms with Gasteiger partial charge in [0.05, 0.1) is 6.54 Å². The fraction of sp³-hybridized carbons (Fsp3) is 0.632. The van der Waals surface area contributed by atoms with Gasteiger partial charge in [-0.15, -0.1) is 0 Å². The van der Waals surface area contributed by atoms with Gasteiger partial charge < -0.3 is 19.4 Å². The van der Waals surface area contributed by atoms with Crippen molar-refractivity contribution in [1.82, 2.24) is 19.3 Å². The number of likely N-dealkylation sites (tertiary alicyclic amines) is 2. The SMILES string of the molecule is COCC(=O)N1CCCC1C(=O)N1CCC(N2Cc3cccn3C2=O)CC1. The maximum atomic E-state index is 13.0. The predicted octanol–water partition coefficient (Wildman–Crippen LogP) is 0.900. The standard InChI is InChI=1S/C19H26N4O4/c1-27-13-17(24)22-9-3-5-16(22)18(25)20-10-6-14(7-11-20)23-12-15-4-2-8-21(15)19(23)26/h2,4,8,14,16H,3,5-7,9-13H2,1H3. The Morgan fingerprint density at radius 1 is 1.19 bits per heavy atom. The van der Waals surface area contributed by atoms with Crippen molar-refractivity contribution in [2.45, 2.75) is 44.3 Å². The Morgan fingerprint density at radius 3 is 2.67 bits per heavy atom. The van der Waals surface area contributed by atoms with E-state index in [0.29, 0.717) is 32.6 Å². The fourth-order valence-electron chi connectivity index (χ4n) is 4.53. The average molecular weight is 374 g/mol. The highest BCUT2D eigenvalue weighted by atomic mass is 16.5. The molecular weight excluding hydrogens is 348 g/mol. The van der Waals surface area contributed by atoms with Crippen molar-refractivity contribution in [1.29, 1.82) is 0 Å². The van der Waals surface area contributed by atoms with E-state index in [2.05, 4.69) is 0 Å². The van der Waals surface area contributed by atoms with Crippen LogP contribution in [0.1, 0.15) is 31.4 Å². The van der Waals surface area contributed by atoms with Crippen molar-refractivity contribution in [2.24, 2.45) is 0 Å². The highest BCUT2D eigenvalue weighted by Gasteiger charge is 2.39. The second-order valence-corrected chi connectivity index (χ2v) is 7.51. The zero-order valence-electron chi connectivity index (χ0n) is 15.7. The van der Waals surface area contributed by atoms with Crippen LogP contribution in [0.2, 0.25) is 0 Å². The molecular formula is C19H26N4O4. The van der Waals surface area contributed by atoms with Crippen LogP contribution in [0.5, 0.6) is 0 Å². The molecule has 4 heterocycles. The van der Waals surface area contributed by atoms with Crippen molar-refractivity contribution in [3.8, 4) is 0 Å². The Hall–Kier alpha value is -2.35. The van der Waals surface area contributed by atoms with Gasteiger partial charge in [0.15, 0.2) is 0 Å². The average Bonchev–Trinajstić information content (AvgIpc) is 3.39. The quantitative estimate of drug-likeness (QED) is 0.785. The van der Waals surface area contributed by atoms with Gasteiger partial charge in [-0.25, -0.2) is 4.79 Å². The second kappa shape index (κ2) is 7.34. The molecule has 1 atom stereocenters. The van der Waals surface area contributed by atoms with E-state index in [1.165, 1.54) is 7.11 Å². The number of hydrogen-bond donors (Lipinski definition) is 0. The smallest absolute Gasteiger partial charge is 0.329 e. The van der Waals surface area contributed by atoms with Gasteiger partial charge in [-0.3, -0.25) is 14.2 Å². The summed E-state index contributed by atoms with van der Waals surface area (Å²) in [5.74, 6) is -0.0813. The van der Waals surface area contributed by atoms with Crippen molar-refractivity contribution in [3.05, 3.63) is 24.0 Å². The number of rotatable bonds is 4. The summed E-state index contributed by atoms with van der Waals surface area (Å²) < 4.78 is 6.64. The Kier molecular flexibility index (Phi) is 4.90. The number of piperidine rings is 1. The van der Waals surface area contributed by atoms with Crippen LogP contribution in [0.3, 0.4) is 0 Å². The zero-order chi connectivity index (χ0) is 19.0. The van der Waals surface area contributed by atoms with Crippen LogP contribution in [0.25, 0.3) is 0 Å². The van der Waals surface area contributed by atoms with E-state index >= 15 is 0 Å². The third-order valence-corrected chi connectivity index (χ3v) is 5.96. The molecule has 1 unspecified atom stereocenters. The van der Waals surface area contributed by atoms with E-state index < -0.39 is 0 Å². The predicted molar refractivity (Wildman–Crippen MR) is 97.0 cm³/mol. The van der Waals surface area contributed by atoms with Gasteiger partial charge in [0, 0.05) is 44.7 Å². The Balaban J connectivity index is 1.34. The van der Waals surface area contributed by atoms with Crippen LogP contribution in [0.15, 0.2) is 18.3 Å². The van der Waals surface area contributed by atoms with E-state index in [9.17, 15) is 14.4 Å². The van der Waals surface area contributed by atoms with E-state index in [-0.39, 0.29) is 36.5 Å². The normalized spacial score (nSPS) is 23.2. The molecule has 3 aliphatic rings. The van der Waals surface area contributed by atoms with E-state index in [0.717, 1.165) is 25.0 Å². The molecule has 8 heteroatoms. The summed E-state index contributed by atoms with van der Waals surface area (Å²) in [5.41, 5.74) is 1.02. The van der Waals surface area contributed by atoms with Crippen LogP contribution >= 0.6 is 0 Å².